The number of nitrogens with two attached hydrogens (primary N) is 1. The zero-order valence-electron chi connectivity index (χ0n) is 10.00. The third kappa shape index (κ3) is 1.72. The summed E-state index contributed by atoms with van der Waals surface area (Å²) in [5.41, 5.74) is 6.25. The topological polar surface area (TPSA) is 41.6 Å². The zero-order valence-corrected chi connectivity index (χ0v) is 10.00. The zero-order chi connectivity index (χ0) is 10.9. The normalized spacial score (nSPS) is 36.0. The summed E-state index contributed by atoms with van der Waals surface area (Å²) in [5, 5.41) is 0. The lowest BCUT2D eigenvalue weighted by molar-refractivity contribution is 0.110. The second-order valence-corrected chi connectivity index (χ2v) is 5.01. The lowest BCUT2D eigenvalue weighted by Gasteiger charge is -2.44. The molecule has 1 spiro atoms. The molecule has 15 heavy (non-hydrogen) atoms. The van der Waals surface area contributed by atoms with Crippen LogP contribution in [0, 0.1) is 5.92 Å². The van der Waals surface area contributed by atoms with Crippen molar-refractivity contribution < 1.29 is 0 Å². The minimum atomic E-state index is 0.289. The molecule has 2 aliphatic rings. The summed E-state index contributed by atoms with van der Waals surface area (Å²) in [6, 6.07) is 0. The standard InChI is InChI=1S/C12H23N3/c1-3-10-6-5-7-12(8-10)9-14-11(13)15(12)4-2/h10H,3-9H2,1-2H3,(H2,13,14). The molecular formula is C12H23N3. The van der Waals surface area contributed by atoms with Gasteiger partial charge in [-0.05, 0) is 25.7 Å². The third-order valence-corrected chi connectivity index (χ3v) is 4.20. The molecule has 0 aromatic heterocycles. The maximum Gasteiger partial charge on any atom is 0.191 e. The average molecular weight is 209 g/mol. The van der Waals surface area contributed by atoms with Crippen LogP contribution in [0.5, 0.6) is 0 Å². The van der Waals surface area contributed by atoms with Crippen LogP contribution in [0.1, 0.15) is 46.0 Å². The summed E-state index contributed by atoms with van der Waals surface area (Å²) < 4.78 is 0. The lowest BCUT2D eigenvalue weighted by Crippen LogP contribution is -2.53. The molecule has 1 aliphatic carbocycles. The van der Waals surface area contributed by atoms with E-state index in [0.717, 1.165) is 25.0 Å². The molecule has 1 heterocycles. The van der Waals surface area contributed by atoms with E-state index in [2.05, 4.69) is 23.7 Å². The lowest BCUT2D eigenvalue weighted by atomic mass is 9.74. The molecule has 0 saturated heterocycles. The molecule has 3 nitrogen and oxygen atoms in total. The molecule has 86 valence electrons. The van der Waals surface area contributed by atoms with Gasteiger partial charge in [0.1, 0.15) is 0 Å². The van der Waals surface area contributed by atoms with Crippen molar-refractivity contribution in [2.24, 2.45) is 16.6 Å². The Kier molecular flexibility index (Phi) is 2.89. The molecule has 2 unspecified atom stereocenters. The highest BCUT2D eigenvalue weighted by Crippen LogP contribution is 2.40. The van der Waals surface area contributed by atoms with Crippen molar-refractivity contribution in [2.75, 3.05) is 13.1 Å². The predicted octanol–water partition coefficient (Wildman–Crippen LogP) is 1.98. The number of hydrogen-bond donors (Lipinski definition) is 1. The first-order valence-electron chi connectivity index (χ1n) is 6.29. The van der Waals surface area contributed by atoms with Gasteiger partial charge in [0.05, 0.1) is 12.1 Å². The minimum Gasteiger partial charge on any atom is -0.370 e. The Balaban J connectivity index is 2.13. The van der Waals surface area contributed by atoms with Gasteiger partial charge in [-0.1, -0.05) is 26.2 Å². The van der Waals surface area contributed by atoms with E-state index in [1.165, 1.54) is 32.1 Å². The van der Waals surface area contributed by atoms with Crippen molar-refractivity contribution >= 4 is 5.96 Å². The highest BCUT2D eigenvalue weighted by molar-refractivity contribution is 5.81. The van der Waals surface area contributed by atoms with Gasteiger partial charge in [-0.3, -0.25) is 4.99 Å². The van der Waals surface area contributed by atoms with Gasteiger partial charge >= 0.3 is 0 Å². The van der Waals surface area contributed by atoms with Crippen molar-refractivity contribution in [3.05, 3.63) is 0 Å². The van der Waals surface area contributed by atoms with Crippen LogP contribution in [0.3, 0.4) is 0 Å². The summed E-state index contributed by atoms with van der Waals surface area (Å²) in [7, 11) is 0. The number of likely N-dealkylation sites (N-methyl/N-ethyl adjacent to an activating group) is 1. The number of guanidine groups is 1. The maximum absolute atomic E-state index is 5.96. The van der Waals surface area contributed by atoms with Crippen molar-refractivity contribution in [1.82, 2.24) is 4.90 Å². The van der Waals surface area contributed by atoms with Crippen LogP contribution in [0.2, 0.25) is 0 Å². The average Bonchev–Trinajstić information content (AvgIpc) is 2.55. The van der Waals surface area contributed by atoms with Crippen LogP contribution in [-0.2, 0) is 0 Å². The van der Waals surface area contributed by atoms with E-state index < -0.39 is 0 Å². The first kappa shape index (κ1) is 10.8. The summed E-state index contributed by atoms with van der Waals surface area (Å²) in [6.07, 6.45) is 6.62. The predicted molar refractivity (Wildman–Crippen MR) is 63.8 cm³/mol. The molecule has 2 N–H and O–H groups in total. The summed E-state index contributed by atoms with van der Waals surface area (Å²) in [5.74, 6) is 1.66. The Labute approximate surface area is 92.7 Å². The fraction of sp³-hybridized carbons (Fsp3) is 0.917. The van der Waals surface area contributed by atoms with Crippen LogP contribution in [-0.4, -0.2) is 29.5 Å². The van der Waals surface area contributed by atoms with Gasteiger partial charge in [0.2, 0.25) is 0 Å². The van der Waals surface area contributed by atoms with Crippen LogP contribution in [0.15, 0.2) is 4.99 Å². The molecule has 3 heteroatoms. The monoisotopic (exact) mass is 209 g/mol. The number of hydrogen-bond acceptors (Lipinski definition) is 3. The highest BCUT2D eigenvalue weighted by atomic mass is 15.4. The van der Waals surface area contributed by atoms with Gasteiger partial charge in [-0.2, -0.15) is 0 Å². The van der Waals surface area contributed by atoms with E-state index in [1.54, 1.807) is 0 Å². The fourth-order valence-corrected chi connectivity index (χ4v) is 3.34. The van der Waals surface area contributed by atoms with E-state index >= 15 is 0 Å². The van der Waals surface area contributed by atoms with Gasteiger partial charge in [-0.15, -0.1) is 0 Å². The van der Waals surface area contributed by atoms with Gasteiger partial charge in [-0.25, -0.2) is 0 Å². The molecular weight excluding hydrogens is 186 g/mol. The Bertz CT molecular complexity index is 262. The molecule has 0 amide bonds. The van der Waals surface area contributed by atoms with Crippen LogP contribution < -0.4 is 5.73 Å². The van der Waals surface area contributed by atoms with E-state index in [9.17, 15) is 0 Å². The Morgan fingerprint density at radius 1 is 1.53 bits per heavy atom. The maximum atomic E-state index is 5.96. The summed E-state index contributed by atoms with van der Waals surface area (Å²) >= 11 is 0. The quantitative estimate of drug-likeness (QED) is 0.755. The van der Waals surface area contributed by atoms with E-state index in [4.69, 9.17) is 5.73 Å². The SMILES string of the molecule is CCC1CCCC2(CN=C(N)N2CC)C1. The van der Waals surface area contributed by atoms with Crippen molar-refractivity contribution in [3.63, 3.8) is 0 Å². The van der Waals surface area contributed by atoms with Gasteiger partial charge in [0, 0.05) is 6.54 Å². The smallest absolute Gasteiger partial charge is 0.191 e. The van der Waals surface area contributed by atoms with Crippen LogP contribution >= 0.6 is 0 Å². The minimum absolute atomic E-state index is 0.289. The highest BCUT2D eigenvalue weighted by Gasteiger charge is 2.44. The van der Waals surface area contributed by atoms with Crippen molar-refractivity contribution in [3.8, 4) is 0 Å². The van der Waals surface area contributed by atoms with Crippen molar-refractivity contribution in [2.45, 2.75) is 51.5 Å². The molecule has 0 aromatic rings. The van der Waals surface area contributed by atoms with Crippen LogP contribution in [0.25, 0.3) is 0 Å². The second kappa shape index (κ2) is 4.03. The van der Waals surface area contributed by atoms with Gasteiger partial charge in [0.15, 0.2) is 5.96 Å². The molecule has 1 fully saturated rings. The molecule has 0 aromatic carbocycles. The van der Waals surface area contributed by atoms with E-state index in [1.807, 2.05) is 0 Å². The number of aliphatic imine (C=N–C) groups is 1. The largest absolute Gasteiger partial charge is 0.370 e. The third-order valence-electron chi connectivity index (χ3n) is 4.20. The second-order valence-electron chi connectivity index (χ2n) is 5.01. The molecule has 0 bridgehead atoms. The first-order chi connectivity index (χ1) is 7.22. The summed E-state index contributed by atoms with van der Waals surface area (Å²) in [6.45, 7) is 6.43. The molecule has 0 radical (unpaired) electrons. The fourth-order valence-electron chi connectivity index (χ4n) is 3.34. The van der Waals surface area contributed by atoms with Crippen LogP contribution in [0.4, 0.5) is 0 Å². The van der Waals surface area contributed by atoms with Gasteiger partial charge in [0.25, 0.3) is 0 Å². The number of nitrogens with zero attached hydrogens (tertiary/aromatic N) is 2. The molecule has 1 aliphatic heterocycles. The molecule has 2 atom stereocenters. The first-order valence-corrected chi connectivity index (χ1v) is 6.29. The van der Waals surface area contributed by atoms with E-state index in [-0.39, 0.29) is 5.54 Å². The molecule has 2 rings (SSSR count). The van der Waals surface area contributed by atoms with E-state index in [0.29, 0.717) is 0 Å². The molecule has 1 saturated carbocycles. The summed E-state index contributed by atoms with van der Waals surface area (Å²) in [4.78, 5) is 6.80. The Morgan fingerprint density at radius 3 is 3.00 bits per heavy atom. The Morgan fingerprint density at radius 2 is 2.33 bits per heavy atom. The Hall–Kier alpha value is -0.730. The van der Waals surface area contributed by atoms with Crippen molar-refractivity contribution in [1.29, 1.82) is 0 Å². The van der Waals surface area contributed by atoms with Gasteiger partial charge < -0.3 is 10.6 Å². The number of rotatable bonds is 2.